The second kappa shape index (κ2) is 6.58. The molecule has 0 aromatic carbocycles. The van der Waals surface area contributed by atoms with E-state index < -0.39 is 11.2 Å². The zero-order valence-corrected chi connectivity index (χ0v) is 14.1. The van der Waals surface area contributed by atoms with Crippen LogP contribution in [0.5, 0.6) is 0 Å². The van der Waals surface area contributed by atoms with Crippen molar-refractivity contribution in [2.75, 3.05) is 0 Å². The lowest BCUT2D eigenvalue weighted by Crippen LogP contribution is -2.23. The molecule has 128 valence electrons. The first-order chi connectivity index (χ1) is 12.6. The van der Waals surface area contributed by atoms with E-state index in [0.717, 1.165) is 17.5 Å². The molecule has 0 saturated heterocycles. The highest BCUT2D eigenvalue weighted by atomic mass is 35.5. The largest absolute Gasteiger partial charge is 0.325 e. The summed E-state index contributed by atoms with van der Waals surface area (Å²) in [4.78, 5) is 31.7. The molecular weight excluding hydrogens is 354 g/mol. The van der Waals surface area contributed by atoms with Gasteiger partial charge in [-0.2, -0.15) is 0 Å². The highest BCUT2D eigenvalue weighted by Gasteiger charge is 2.39. The number of nitrogens with one attached hydrogen (secondary N) is 2. The van der Waals surface area contributed by atoms with Crippen LogP contribution in [-0.2, 0) is 0 Å². The smallest absolute Gasteiger partial charge is 0.313 e. The van der Waals surface area contributed by atoms with Gasteiger partial charge in [0.1, 0.15) is 5.69 Å². The fourth-order valence-electron chi connectivity index (χ4n) is 2.69. The normalized spacial score (nSPS) is 18.0. The molecule has 2 atom stereocenters. The molecule has 0 radical (unpaired) electrons. The monoisotopic (exact) mass is 365 g/mol. The van der Waals surface area contributed by atoms with Gasteiger partial charge in [-0.3, -0.25) is 14.8 Å². The maximum Gasteiger partial charge on any atom is 0.325 e. The number of aromatic amines is 2. The van der Waals surface area contributed by atoms with Crippen LogP contribution in [0.1, 0.15) is 23.5 Å². The van der Waals surface area contributed by atoms with E-state index >= 15 is 0 Å². The number of pyridine rings is 1. The third kappa shape index (κ3) is 3.27. The van der Waals surface area contributed by atoms with Crippen molar-refractivity contribution < 1.29 is 0 Å². The van der Waals surface area contributed by atoms with Crippen LogP contribution in [0.25, 0.3) is 11.3 Å². The molecule has 1 aliphatic rings. The number of H-pyrrole nitrogens is 2. The number of aromatic nitrogens is 5. The van der Waals surface area contributed by atoms with Gasteiger partial charge >= 0.3 is 5.69 Å². The van der Waals surface area contributed by atoms with Crippen molar-refractivity contribution in [1.82, 2.24) is 25.1 Å². The van der Waals surface area contributed by atoms with E-state index in [0.29, 0.717) is 10.8 Å². The Hall–Kier alpha value is -3.24. The molecule has 2 N–H and O–H groups in total. The van der Waals surface area contributed by atoms with Gasteiger partial charge in [0, 0.05) is 36.0 Å². The fraction of sp³-hybridized carbons (Fsp3) is 0.167. The van der Waals surface area contributed by atoms with E-state index in [-0.39, 0.29) is 17.4 Å². The molecule has 3 aromatic heterocycles. The minimum absolute atomic E-state index is 0.146. The van der Waals surface area contributed by atoms with E-state index in [9.17, 15) is 9.59 Å². The quantitative estimate of drug-likeness (QED) is 0.673. The molecule has 0 unspecified atom stereocenters. The van der Waals surface area contributed by atoms with Crippen LogP contribution in [0.3, 0.4) is 0 Å². The molecule has 3 aromatic rings. The van der Waals surface area contributed by atoms with Crippen molar-refractivity contribution in [3.63, 3.8) is 0 Å². The number of rotatable bonds is 2. The Morgan fingerprint density at radius 2 is 2.00 bits per heavy atom. The van der Waals surface area contributed by atoms with Crippen LogP contribution >= 0.6 is 11.6 Å². The highest BCUT2D eigenvalue weighted by molar-refractivity contribution is 6.30. The van der Waals surface area contributed by atoms with Gasteiger partial charge in [-0.25, -0.2) is 4.79 Å². The Bertz CT molecular complexity index is 1140. The SMILES string of the molecule is O=c1[nH]cc(-c2cc([C@H]3C[C@@H]3C#Cc3ccncc3)c(Cl)nn2)c(=O)[nH]1. The number of hydrogen-bond donors (Lipinski definition) is 2. The van der Waals surface area contributed by atoms with Crippen molar-refractivity contribution in [1.29, 1.82) is 0 Å². The molecule has 7 nitrogen and oxygen atoms in total. The molecule has 0 amide bonds. The molecular formula is C18H12ClN5O2. The lowest BCUT2D eigenvalue weighted by Gasteiger charge is -2.04. The lowest BCUT2D eigenvalue weighted by molar-refractivity contribution is 0.953. The standard InChI is InChI=1S/C18H12ClN5O2/c19-16-13(12-7-11(12)2-1-10-3-5-20-6-4-10)8-15(23-24-16)14-9-21-18(26)22-17(14)25/h3-6,8-9,11-12H,7H2,(H2,21,22,25,26)/t11-,12-/m0/s1. The second-order valence-corrected chi connectivity index (χ2v) is 6.27. The molecule has 8 heteroatoms. The summed E-state index contributed by atoms with van der Waals surface area (Å²) in [6.07, 6.45) is 5.58. The third-order valence-electron chi connectivity index (χ3n) is 4.14. The molecule has 0 bridgehead atoms. The van der Waals surface area contributed by atoms with Crippen LogP contribution in [0.2, 0.25) is 5.15 Å². The van der Waals surface area contributed by atoms with E-state index in [1.165, 1.54) is 6.20 Å². The summed E-state index contributed by atoms with van der Waals surface area (Å²) in [5.41, 5.74) is 1.20. The Balaban J connectivity index is 1.61. The van der Waals surface area contributed by atoms with E-state index in [1.54, 1.807) is 18.5 Å². The van der Waals surface area contributed by atoms with Crippen LogP contribution in [0.4, 0.5) is 0 Å². The Morgan fingerprint density at radius 3 is 2.77 bits per heavy atom. The van der Waals surface area contributed by atoms with E-state index in [2.05, 4.69) is 37.0 Å². The molecule has 3 heterocycles. The van der Waals surface area contributed by atoms with Gasteiger partial charge in [0.15, 0.2) is 5.15 Å². The molecule has 26 heavy (non-hydrogen) atoms. The van der Waals surface area contributed by atoms with Gasteiger partial charge in [0.2, 0.25) is 0 Å². The Kier molecular flexibility index (Phi) is 4.11. The fourth-order valence-corrected chi connectivity index (χ4v) is 2.92. The molecule has 4 rings (SSSR count). The van der Waals surface area contributed by atoms with Crippen LogP contribution in [0.15, 0.2) is 46.4 Å². The zero-order chi connectivity index (χ0) is 18.1. The summed E-state index contributed by atoms with van der Waals surface area (Å²) in [5, 5.41) is 8.21. The van der Waals surface area contributed by atoms with Crippen LogP contribution in [0, 0.1) is 17.8 Å². The van der Waals surface area contributed by atoms with Gasteiger partial charge in [0.05, 0.1) is 5.56 Å². The van der Waals surface area contributed by atoms with E-state index in [4.69, 9.17) is 11.6 Å². The second-order valence-electron chi connectivity index (χ2n) is 5.92. The Labute approximate surface area is 152 Å². The summed E-state index contributed by atoms with van der Waals surface area (Å²) in [5.74, 6) is 6.67. The third-order valence-corrected chi connectivity index (χ3v) is 4.44. The number of halogens is 1. The highest BCUT2D eigenvalue weighted by Crippen LogP contribution is 2.49. The van der Waals surface area contributed by atoms with Gasteiger partial charge in [-0.15, -0.1) is 10.2 Å². The molecule has 1 aliphatic carbocycles. The summed E-state index contributed by atoms with van der Waals surface area (Å²) in [6, 6.07) is 5.44. The Morgan fingerprint density at radius 1 is 1.19 bits per heavy atom. The average Bonchev–Trinajstić information content (AvgIpc) is 3.41. The lowest BCUT2D eigenvalue weighted by atomic mass is 10.1. The minimum Gasteiger partial charge on any atom is -0.313 e. The molecule has 1 fully saturated rings. The number of hydrogen-bond acceptors (Lipinski definition) is 5. The van der Waals surface area contributed by atoms with Crippen molar-refractivity contribution in [2.24, 2.45) is 5.92 Å². The van der Waals surface area contributed by atoms with Crippen molar-refractivity contribution in [3.05, 3.63) is 73.9 Å². The van der Waals surface area contributed by atoms with Crippen LogP contribution in [-0.4, -0.2) is 25.1 Å². The summed E-state index contributed by atoms with van der Waals surface area (Å²) in [6.45, 7) is 0. The summed E-state index contributed by atoms with van der Waals surface area (Å²) >= 11 is 6.19. The van der Waals surface area contributed by atoms with Gasteiger partial charge in [0.25, 0.3) is 5.56 Å². The minimum atomic E-state index is -0.575. The van der Waals surface area contributed by atoms with Crippen molar-refractivity contribution in [2.45, 2.75) is 12.3 Å². The van der Waals surface area contributed by atoms with E-state index in [1.807, 2.05) is 12.1 Å². The first-order valence-electron chi connectivity index (χ1n) is 7.89. The van der Waals surface area contributed by atoms with Gasteiger partial charge < -0.3 is 4.98 Å². The first-order valence-corrected chi connectivity index (χ1v) is 8.26. The molecule has 0 spiro atoms. The predicted molar refractivity (Wildman–Crippen MR) is 95.7 cm³/mol. The maximum atomic E-state index is 11.9. The maximum absolute atomic E-state index is 11.9. The topological polar surface area (TPSA) is 104 Å². The summed E-state index contributed by atoms with van der Waals surface area (Å²) < 4.78 is 0. The molecule has 0 aliphatic heterocycles. The molecule has 1 saturated carbocycles. The van der Waals surface area contributed by atoms with Crippen LogP contribution < -0.4 is 11.2 Å². The summed E-state index contributed by atoms with van der Waals surface area (Å²) in [7, 11) is 0. The van der Waals surface area contributed by atoms with Crippen molar-refractivity contribution >= 4 is 11.6 Å². The van der Waals surface area contributed by atoms with Gasteiger partial charge in [-0.1, -0.05) is 23.4 Å². The van der Waals surface area contributed by atoms with Gasteiger partial charge in [-0.05, 0) is 30.2 Å². The number of nitrogens with zero attached hydrogens (tertiary/aromatic N) is 3. The zero-order valence-electron chi connectivity index (χ0n) is 13.4. The first kappa shape index (κ1) is 16.2. The average molecular weight is 366 g/mol. The van der Waals surface area contributed by atoms with Crippen molar-refractivity contribution in [3.8, 4) is 23.1 Å². The predicted octanol–water partition coefficient (Wildman–Crippen LogP) is 1.72.